The van der Waals surface area contributed by atoms with Gasteiger partial charge in [0.1, 0.15) is 0 Å². The second-order valence-electron chi connectivity index (χ2n) is 22.9. The van der Waals surface area contributed by atoms with Crippen molar-refractivity contribution >= 4 is 11.1 Å². The third-order valence-corrected chi connectivity index (χ3v) is 19.6. The van der Waals surface area contributed by atoms with Gasteiger partial charge >= 0.3 is 0 Å². The lowest BCUT2D eigenvalue weighted by atomic mass is 9.25. The zero-order chi connectivity index (χ0) is 45.9. The van der Waals surface area contributed by atoms with Crippen molar-refractivity contribution in [3.63, 3.8) is 0 Å². The zero-order valence-corrected chi connectivity index (χ0v) is 41.3. The van der Waals surface area contributed by atoms with Crippen molar-refractivity contribution < 1.29 is 0 Å². The Morgan fingerprint density at radius 1 is 0.730 bits per heavy atom. The third kappa shape index (κ3) is 7.52. The fourth-order valence-corrected chi connectivity index (χ4v) is 15.5. The van der Waals surface area contributed by atoms with Gasteiger partial charge < -0.3 is 0 Å². The Morgan fingerprint density at radius 2 is 1.29 bits per heavy atom. The lowest BCUT2D eigenvalue weighted by molar-refractivity contribution is -0.267. The maximum absolute atomic E-state index is 5.42. The molecule has 3 aromatic carbocycles. The van der Waals surface area contributed by atoms with Crippen molar-refractivity contribution in [3.05, 3.63) is 181 Å². The molecule has 63 heavy (non-hydrogen) atoms. The van der Waals surface area contributed by atoms with E-state index in [1.54, 1.807) is 11.1 Å². The van der Waals surface area contributed by atoms with Gasteiger partial charge in [0.25, 0.3) is 0 Å². The predicted molar refractivity (Wildman–Crippen MR) is 275 cm³/mol. The average Bonchev–Trinajstić information content (AvgIpc) is 3.25. The van der Waals surface area contributed by atoms with Crippen LogP contribution in [0.1, 0.15) is 150 Å². The summed E-state index contributed by atoms with van der Waals surface area (Å²) in [7, 11) is 0. The van der Waals surface area contributed by atoms with Crippen molar-refractivity contribution in [1.82, 2.24) is 0 Å². The summed E-state index contributed by atoms with van der Waals surface area (Å²) in [4.78, 5) is 0. The van der Waals surface area contributed by atoms with Crippen LogP contribution in [0.25, 0.3) is 11.1 Å². The van der Waals surface area contributed by atoms with Crippen LogP contribution in [0.4, 0.5) is 0 Å². The first-order valence-corrected chi connectivity index (χ1v) is 24.5. The Hall–Kier alpha value is -4.16. The molecule has 3 aromatic rings. The standard InChI is InChI=1S/C63H82/c1-41(2)34-56-49(11)61(15)46(8)38-54-32-33-63(54,39-42(3)4)62(61,16)57(37-45(7)51-28-22-18-23-29-51)60(14)40-53(48(10)58(56)59(60,12)13)35-43(5)47(9)55(52-30-24-19-25-31-52)36-44(6)50-26-20-17-21-27-50/h17-31,46-47,53-57H,1,3,5-7,11,32-40H2,2,4,8-10,12-16H3/t46-,47-,53-,54+,55+,56-,57+,60-,61-,62-,63-/m0/s1. The molecule has 2 bridgehead atoms. The van der Waals surface area contributed by atoms with Gasteiger partial charge in [-0.2, -0.15) is 0 Å². The van der Waals surface area contributed by atoms with Crippen LogP contribution in [-0.4, -0.2) is 0 Å². The second-order valence-corrected chi connectivity index (χ2v) is 22.9. The molecule has 0 radical (unpaired) electrons. The van der Waals surface area contributed by atoms with Crippen LogP contribution >= 0.6 is 0 Å². The molecule has 0 heterocycles. The van der Waals surface area contributed by atoms with Crippen molar-refractivity contribution in [3.8, 4) is 0 Å². The van der Waals surface area contributed by atoms with Crippen LogP contribution in [0.5, 0.6) is 0 Å². The summed E-state index contributed by atoms with van der Waals surface area (Å²) < 4.78 is 0. The smallest absolute Gasteiger partial charge is 0.00552 e. The molecule has 4 aliphatic carbocycles. The number of fused-ring (bicyclic) bond motifs is 5. The Balaban J connectivity index is 1.41. The van der Waals surface area contributed by atoms with Crippen LogP contribution in [0.2, 0.25) is 0 Å². The summed E-state index contributed by atoms with van der Waals surface area (Å²) >= 11 is 0. The van der Waals surface area contributed by atoms with E-state index in [1.807, 2.05) is 0 Å². The monoisotopic (exact) mass is 839 g/mol. The highest BCUT2D eigenvalue weighted by molar-refractivity contribution is 5.65. The second kappa shape index (κ2) is 17.3. The Labute approximate surface area is 385 Å². The molecule has 0 nitrogen and oxygen atoms in total. The molecule has 0 heteroatoms. The summed E-state index contributed by atoms with van der Waals surface area (Å²) in [5, 5.41) is 0. The van der Waals surface area contributed by atoms with E-state index in [1.165, 1.54) is 69.4 Å². The Morgan fingerprint density at radius 3 is 1.81 bits per heavy atom. The van der Waals surface area contributed by atoms with E-state index < -0.39 is 0 Å². The van der Waals surface area contributed by atoms with E-state index in [9.17, 15) is 0 Å². The molecule has 0 spiro atoms. The lowest BCUT2D eigenvalue weighted by Gasteiger charge is -2.78. The highest BCUT2D eigenvalue weighted by atomic mass is 14.8. The largest absolute Gasteiger partial charge is 0.100 e. The first-order chi connectivity index (χ1) is 29.7. The summed E-state index contributed by atoms with van der Waals surface area (Å²) in [5.41, 5.74) is 14.7. The van der Waals surface area contributed by atoms with E-state index in [2.05, 4.69) is 173 Å². The number of rotatable bonds is 15. The minimum absolute atomic E-state index is 0.0719. The van der Waals surface area contributed by atoms with Gasteiger partial charge in [-0.15, -0.1) is 13.2 Å². The molecule has 0 aliphatic heterocycles. The number of allylic oxidation sites excluding steroid dienone is 8. The van der Waals surface area contributed by atoms with Crippen molar-refractivity contribution in [2.45, 2.75) is 133 Å². The van der Waals surface area contributed by atoms with Gasteiger partial charge in [-0.25, -0.2) is 0 Å². The summed E-state index contributed by atoms with van der Waals surface area (Å²) in [6.45, 7) is 55.1. The highest BCUT2D eigenvalue weighted by Gasteiger charge is 2.76. The van der Waals surface area contributed by atoms with Crippen LogP contribution in [0.3, 0.4) is 0 Å². The molecule has 0 saturated heterocycles. The Bertz CT molecular complexity index is 2280. The van der Waals surface area contributed by atoms with E-state index in [0.29, 0.717) is 23.7 Å². The summed E-state index contributed by atoms with van der Waals surface area (Å²) in [6, 6.07) is 33.0. The molecule has 3 saturated carbocycles. The van der Waals surface area contributed by atoms with Crippen LogP contribution in [0, 0.1) is 62.6 Å². The van der Waals surface area contributed by atoms with E-state index in [4.69, 9.17) is 26.3 Å². The van der Waals surface area contributed by atoms with E-state index >= 15 is 0 Å². The molecule has 3 fully saturated rings. The summed E-state index contributed by atoms with van der Waals surface area (Å²) in [6.07, 6.45) is 9.87. The third-order valence-electron chi connectivity index (χ3n) is 19.6. The zero-order valence-electron chi connectivity index (χ0n) is 41.3. The number of benzene rings is 3. The first kappa shape index (κ1) is 46.8. The van der Waals surface area contributed by atoms with E-state index in [0.717, 1.165) is 38.5 Å². The van der Waals surface area contributed by atoms with Gasteiger partial charge in [-0.05, 0) is 169 Å². The topological polar surface area (TPSA) is 0 Å². The van der Waals surface area contributed by atoms with Gasteiger partial charge in [0.05, 0.1) is 0 Å². The average molecular weight is 839 g/mol. The quantitative estimate of drug-likeness (QED) is 0.134. The first-order valence-electron chi connectivity index (χ1n) is 24.5. The lowest BCUT2D eigenvalue weighted by Crippen LogP contribution is -2.72. The SMILES string of the molecule is C=C(C)C[C@H]1C(=C)[C@]2(C)[C@@H](C)C[C@H]3CC[C@@]3(CC(=C)C)[C@@]2(C)[C@H](CC(=C)c2ccccc2)[C@]2(C)C[C@H](CC(=C)[C@H](C)[C@@H](CC(=C)c3ccccc3)c3ccccc3)C(C)=C1C2(C)C. The fourth-order valence-electron chi connectivity index (χ4n) is 15.5. The predicted octanol–water partition coefficient (Wildman–Crippen LogP) is 18.1. The van der Waals surface area contributed by atoms with Crippen LogP contribution in [-0.2, 0) is 0 Å². The number of hydrogen-bond acceptors (Lipinski definition) is 0. The molecule has 4 aliphatic rings. The molecule has 0 N–H and O–H groups in total. The minimum Gasteiger partial charge on any atom is -0.100 e. The van der Waals surface area contributed by atoms with Gasteiger partial charge in [0.2, 0.25) is 0 Å². The number of hydrogen-bond donors (Lipinski definition) is 0. The maximum Gasteiger partial charge on any atom is 0.00552 e. The Kier molecular flexibility index (Phi) is 12.9. The minimum atomic E-state index is -0.112. The highest BCUT2D eigenvalue weighted by Crippen LogP contribution is 2.83. The summed E-state index contributed by atoms with van der Waals surface area (Å²) in [5.74, 6) is 2.65. The molecular formula is C63H82. The van der Waals surface area contributed by atoms with Crippen LogP contribution < -0.4 is 0 Å². The molecule has 7 rings (SSSR count). The van der Waals surface area contributed by atoms with Gasteiger partial charge in [0.15, 0.2) is 0 Å². The normalized spacial score (nSPS) is 33.0. The molecule has 0 aromatic heterocycles. The van der Waals surface area contributed by atoms with Crippen molar-refractivity contribution in [2.24, 2.45) is 62.6 Å². The van der Waals surface area contributed by atoms with Crippen molar-refractivity contribution in [2.75, 3.05) is 0 Å². The van der Waals surface area contributed by atoms with Crippen LogP contribution in [0.15, 0.2) is 164 Å². The molecule has 0 unspecified atom stereocenters. The molecule has 0 amide bonds. The van der Waals surface area contributed by atoms with E-state index in [-0.39, 0.29) is 44.8 Å². The maximum atomic E-state index is 5.42. The van der Waals surface area contributed by atoms with Gasteiger partial charge in [-0.1, -0.05) is 199 Å². The molecular weight excluding hydrogens is 757 g/mol. The molecule has 334 valence electrons. The van der Waals surface area contributed by atoms with Gasteiger partial charge in [0, 0.05) is 5.92 Å². The molecule has 11 atom stereocenters. The fraction of sp³-hybridized carbons (Fsp3) is 0.492. The van der Waals surface area contributed by atoms with Gasteiger partial charge in [-0.3, -0.25) is 0 Å². The van der Waals surface area contributed by atoms with Crippen molar-refractivity contribution in [1.29, 1.82) is 0 Å².